The summed E-state index contributed by atoms with van der Waals surface area (Å²) in [4.78, 5) is 25.1. The van der Waals surface area contributed by atoms with Gasteiger partial charge in [0, 0.05) is 17.6 Å². The number of nitrogens with one attached hydrogen (secondary N) is 3. The molecule has 138 valence electrons. The van der Waals surface area contributed by atoms with Crippen LogP contribution in [-0.4, -0.2) is 30.4 Å². The van der Waals surface area contributed by atoms with E-state index < -0.39 is 0 Å². The van der Waals surface area contributed by atoms with Crippen LogP contribution in [0.25, 0.3) is 0 Å². The smallest absolute Gasteiger partial charge is 0.255 e. The van der Waals surface area contributed by atoms with Crippen molar-refractivity contribution < 1.29 is 9.59 Å². The van der Waals surface area contributed by atoms with Gasteiger partial charge in [-0.15, -0.1) is 12.4 Å². The van der Waals surface area contributed by atoms with Crippen molar-refractivity contribution in [3.8, 4) is 0 Å². The minimum absolute atomic E-state index is 0. The molecular weight excluding hydrogens is 350 g/mol. The summed E-state index contributed by atoms with van der Waals surface area (Å²) < 4.78 is 0. The molecule has 1 fully saturated rings. The largest absolute Gasteiger partial charge is 0.348 e. The van der Waals surface area contributed by atoms with Crippen molar-refractivity contribution in [3.05, 3.63) is 65.7 Å². The Balaban J connectivity index is 0.00000243. The lowest BCUT2D eigenvalue weighted by Crippen LogP contribution is -2.52. The lowest BCUT2D eigenvalue weighted by Gasteiger charge is -2.30. The molecule has 0 aliphatic carbocycles. The number of rotatable bonds is 4. The van der Waals surface area contributed by atoms with E-state index in [1.807, 2.05) is 24.3 Å². The molecule has 3 rings (SSSR count). The van der Waals surface area contributed by atoms with E-state index in [1.165, 1.54) is 0 Å². The highest BCUT2D eigenvalue weighted by molar-refractivity contribution is 6.09. The van der Waals surface area contributed by atoms with Crippen molar-refractivity contribution >= 4 is 29.9 Å². The van der Waals surface area contributed by atoms with Gasteiger partial charge >= 0.3 is 0 Å². The Hall–Kier alpha value is -2.37. The van der Waals surface area contributed by atoms with Gasteiger partial charge in [0.05, 0.1) is 11.3 Å². The highest BCUT2D eigenvalue weighted by Gasteiger charge is 2.24. The maximum Gasteiger partial charge on any atom is 0.255 e. The molecule has 1 aliphatic rings. The molecule has 2 aromatic carbocycles. The number of piperidine rings is 1. The molecule has 0 radical (unpaired) electrons. The van der Waals surface area contributed by atoms with Crippen molar-refractivity contribution in [1.29, 1.82) is 0 Å². The van der Waals surface area contributed by atoms with E-state index in [2.05, 4.69) is 22.9 Å². The fourth-order valence-electron chi connectivity index (χ4n) is 3.06. The van der Waals surface area contributed by atoms with E-state index in [9.17, 15) is 9.59 Å². The molecule has 1 aliphatic heterocycles. The molecule has 0 spiro atoms. The predicted octanol–water partition coefficient (Wildman–Crippen LogP) is 3.23. The maximum absolute atomic E-state index is 12.7. The van der Waals surface area contributed by atoms with Crippen LogP contribution in [0.15, 0.2) is 54.6 Å². The summed E-state index contributed by atoms with van der Waals surface area (Å²) in [6.07, 6.45) is 2.00. The Kier molecular flexibility index (Phi) is 7.18. The SMILES string of the molecule is CC1NCCCC1NC(=O)c1ccccc1NC(=O)c1ccccc1.Cl. The molecule has 26 heavy (non-hydrogen) atoms. The Morgan fingerprint density at radius 1 is 1.00 bits per heavy atom. The molecule has 2 aromatic rings. The van der Waals surface area contributed by atoms with Crippen LogP contribution in [0, 0.1) is 0 Å². The van der Waals surface area contributed by atoms with Crippen LogP contribution in [0.2, 0.25) is 0 Å². The fourth-order valence-corrected chi connectivity index (χ4v) is 3.06. The van der Waals surface area contributed by atoms with Gasteiger partial charge in [-0.1, -0.05) is 30.3 Å². The van der Waals surface area contributed by atoms with Crippen molar-refractivity contribution in [1.82, 2.24) is 10.6 Å². The Labute approximate surface area is 160 Å². The molecule has 5 nitrogen and oxygen atoms in total. The van der Waals surface area contributed by atoms with Crippen molar-refractivity contribution in [3.63, 3.8) is 0 Å². The highest BCUT2D eigenvalue weighted by Crippen LogP contribution is 2.18. The van der Waals surface area contributed by atoms with E-state index in [4.69, 9.17) is 0 Å². The van der Waals surface area contributed by atoms with Crippen molar-refractivity contribution in [2.75, 3.05) is 11.9 Å². The van der Waals surface area contributed by atoms with Gasteiger partial charge in [0.1, 0.15) is 0 Å². The quantitative estimate of drug-likeness (QED) is 0.770. The number of benzene rings is 2. The third-order valence-corrected chi connectivity index (χ3v) is 4.53. The second kappa shape index (κ2) is 9.36. The minimum Gasteiger partial charge on any atom is -0.348 e. The number of hydrogen-bond donors (Lipinski definition) is 3. The maximum atomic E-state index is 12.7. The van der Waals surface area contributed by atoms with Gasteiger partial charge in [0.15, 0.2) is 0 Å². The second-order valence-electron chi connectivity index (χ2n) is 6.33. The zero-order chi connectivity index (χ0) is 17.6. The molecule has 3 N–H and O–H groups in total. The monoisotopic (exact) mass is 373 g/mol. The molecule has 0 aromatic heterocycles. The predicted molar refractivity (Wildman–Crippen MR) is 106 cm³/mol. The van der Waals surface area contributed by atoms with Crippen LogP contribution in [0.3, 0.4) is 0 Å². The normalized spacial score (nSPS) is 19.1. The van der Waals surface area contributed by atoms with Crippen molar-refractivity contribution in [2.45, 2.75) is 31.8 Å². The first-order valence-electron chi connectivity index (χ1n) is 8.65. The number of carbonyl (C=O) groups is 2. The van der Waals surface area contributed by atoms with Crippen LogP contribution in [0.4, 0.5) is 5.69 Å². The minimum atomic E-state index is -0.228. The standard InChI is InChI=1S/C20H23N3O2.ClH/c1-14-17(12-7-13-21-14)22-20(25)16-10-5-6-11-18(16)23-19(24)15-8-3-2-4-9-15;/h2-6,8-11,14,17,21H,7,12-13H2,1H3,(H,22,25)(H,23,24);1H. The number of carbonyl (C=O) groups excluding carboxylic acids is 2. The molecule has 1 saturated heterocycles. The number of anilines is 1. The van der Waals surface area contributed by atoms with Gasteiger partial charge in [-0.2, -0.15) is 0 Å². The average molecular weight is 374 g/mol. The Morgan fingerprint density at radius 2 is 1.69 bits per heavy atom. The molecule has 0 saturated carbocycles. The van der Waals surface area contributed by atoms with E-state index >= 15 is 0 Å². The molecule has 1 heterocycles. The van der Waals surface area contributed by atoms with Gasteiger partial charge < -0.3 is 16.0 Å². The fraction of sp³-hybridized carbons (Fsp3) is 0.300. The summed E-state index contributed by atoms with van der Waals surface area (Å²) in [5, 5.41) is 9.30. The lowest BCUT2D eigenvalue weighted by molar-refractivity contribution is 0.0920. The molecule has 2 unspecified atom stereocenters. The zero-order valence-corrected chi connectivity index (χ0v) is 15.5. The summed E-state index contributed by atoms with van der Waals surface area (Å²) in [6, 6.07) is 16.4. The zero-order valence-electron chi connectivity index (χ0n) is 14.7. The summed E-state index contributed by atoms with van der Waals surface area (Å²) in [5.41, 5.74) is 1.55. The summed E-state index contributed by atoms with van der Waals surface area (Å²) in [6.45, 7) is 3.06. The first-order valence-corrected chi connectivity index (χ1v) is 8.65. The molecular formula is C20H24ClN3O2. The van der Waals surface area contributed by atoms with Crippen molar-refractivity contribution in [2.24, 2.45) is 0 Å². The van der Waals surface area contributed by atoms with Crippen LogP contribution < -0.4 is 16.0 Å². The summed E-state index contributed by atoms with van der Waals surface area (Å²) in [5.74, 6) is -0.391. The molecule has 0 bridgehead atoms. The number of para-hydroxylation sites is 1. The number of hydrogen-bond acceptors (Lipinski definition) is 3. The Bertz CT molecular complexity index is 752. The Morgan fingerprint density at radius 3 is 2.42 bits per heavy atom. The van der Waals surface area contributed by atoms with Gasteiger partial charge in [0.2, 0.25) is 0 Å². The van der Waals surface area contributed by atoms with Gasteiger partial charge in [-0.3, -0.25) is 9.59 Å². The van der Waals surface area contributed by atoms with Gasteiger partial charge in [-0.25, -0.2) is 0 Å². The summed E-state index contributed by atoms with van der Waals surface area (Å²) >= 11 is 0. The second-order valence-corrected chi connectivity index (χ2v) is 6.33. The highest BCUT2D eigenvalue weighted by atomic mass is 35.5. The first kappa shape index (κ1) is 19.9. The molecule has 6 heteroatoms. The lowest BCUT2D eigenvalue weighted by atomic mass is 9.99. The number of halogens is 1. The number of amides is 2. The van der Waals surface area contributed by atoms with E-state index in [0.29, 0.717) is 16.8 Å². The van der Waals surface area contributed by atoms with Gasteiger partial charge in [0.25, 0.3) is 11.8 Å². The first-order chi connectivity index (χ1) is 12.1. The average Bonchev–Trinajstić information content (AvgIpc) is 2.64. The van der Waals surface area contributed by atoms with E-state index in [1.54, 1.807) is 30.3 Å². The molecule has 2 amide bonds. The van der Waals surface area contributed by atoms with Gasteiger partial charge in [-0.05, 0) is 50.6 Å². The van der Waals surface area contributed by atoms with Crippen LogP contribution in [0.1, 0.15) is 40.5 Å². The van der Waals surface area contributed by atoms with E-state index in [-0.39, 0.29) is 36.3 Å². The van der Waals surface area contributed by atoms with Crippen LogP contribution in [-0.2, 0) is 0 Å². The summed E-state index contributed by atoms with van der Waals surface area (Å²) in [7, 11) is 0. The molecule has 2 atom stereocenters. The van der Waals surface area contributed by atoms with Crippen LogP contribution in [0.5, 0.6) is 0 Å². The third kappa shape index (κ3) is 4.84. The third-order valence-electron chi connectivity index (χ3n) is 4.53. The van der Waals surface area contributed by atoms with Crippen LogP contribution >= 0.6 is 12.4 Å². The van der Waals surface area contributed by atoms with E-state index in [0.717, 1.165) is 19.4 Å². The topological polar surface area (TPSA) is 70.2 Å².